The molecule has 0 unspecified atom stereocenters. The number of benzene rings is 1. The Kier molecular flexibility index (Phi) is 7.46. The number of nitrogens with zero attached hydrogens (tertiary/aromatic N) is 2. The van der Waals surface area contributed by atoms with E-state index in [1.165, 1.54) is 13.3 Å². The molecule has 12 heteroatoms. The first-order valence-corrected chi connectivity index (χ1v) is 10.3. The van der Waals surface area contributed by atoms with Crippen molar-refractivity contribution in [2.75, 3.05) is 25.5 Å². The van der Waals surface area contributed by atoms with Crippen LogP contribution in [0.2, 0.25) is 0 Å². The van der Waals surface area contributed by atoms with Gasteiger partial charge in [0.25, 0.3) is 11.8 Å². The highest BCUT2D eigenvalue weighted by atomic mass is 19.2. The highest BCUT2D eigenvalue weighted by Crippen LogP contribution is 2.25. The van der Waals surface area contributed by atoms with Gasteiger partial charge >= 0.3 is 6.09 Å². The molecule has 10 nitrogen and oxygen atoms in total. The van der Waals surface area contributed by atoms with Crippen LogP contribution >= 0.6 is 0 Å². The van der Waals surface area contributed by atoms with Gasteiger partial charge in [0.05, 0.1) is 18.9 Å². The van der Waals surface area contributed by atoms with Gasteiger partial charge in [-0.3, -0.25) is 14.7 Å². The molecular weight excluding hydrogens is 440 g/mol. The minimum atomic E-state index is -1.37. The predicted molar refractivity (Wildman–Crippen MR) is 113 cm³/mol. The van der Waals surface area contributed by atoms with E-state index in [-0.39, 0.29) is 29.3 Å². The van der Waals surface area contributed by atoms with E-state index in [2.05, 4.69) is 20.8 Å². The van der Waals surface area contributed by atoms with Gasteiger partial charge in [-0.25, -0.2) is 13.6 Å². The smallest absolute Gasteiger partial charge is 0.410 e. The molecule has 1 aliphatic rings. The molecule has 1 aliphatic heterocycles. The van der Waals surface area contributed by atoms with E-state index in [4.69, 9.17) is 9.47 Å². The second-order valence-electron chi connectivity index (χ2n) is 7.71. The molecule has 3 rings (SSSR count). The first kappa shape index (κ1) is 24.0. The van der Waals surface area contributed by atoms with Gasteiger partial charge in [-0.15, -0.1) is 0 Å². The summed E-state index contributed by atoms with van der Waals surface area (Å²) in [6, 6.07) is 1.75. The van der Waals surface area contributed by atoms with E-state index in [0.29, 0.717) is 25.9 Å². The zero-order chi connectivity index (χ0) is 24.1. The molecule has 3 amide bonds. The number of carbonyl (C=O) groups is 3. The number of likely N-dealkylation sites (tertiary alicyclic amines) is 1. The van der Waals surface area contributed by atoms with Crippen LogP contribution in [0.3, 0.4) is 0 Å². The molecule has 0 atom stereocenters. The maximum absolute atomic E-state index is 14.2. The summed E-state index contributed by atoms with van der Waals surface area (Å²) >= 11 is 0. The molecule has 1 saturated heterocycles. The van der Waals surface area contributed by atoms with Crippen LogP contribution in [0.1, 0.15) is 47.5 Å². The molecule has 2 aromatic rings. The Bertz CT molecular complexity index is 1030. The van der Waals surface area contributed by atoms with E-state index in [1.54, 1.807) is 18.7 Å². The number of nitrogens with one attached hydrogen (secondary N) is 3. The molecular formula is C21H25F2N5O5. The minimum absolute atomic E-state index is 0.0128. The van der Waals surface area contributed by atoms with Crippen molar-refractivity contribution in [2.24, 2.45) is 0 Å². The number of aromatic amines is 1. The largest absolute Gasteiger partial charge is 0.496 e. The molecule has 0 bridgehead atoms. The molecule has 3 N–H and O–H groups in total. The standard InChI is InChI=1S/C21H25F2N5O5/c1-11(2)33-21(31)28-8-6-12(7-9-28)25-20(30)18-14(10-24-27-18)26-19(29)16-15(32-3)5-4-13(22)17(16)23/h4-5,10-12H,6-9H2,1-3H3,(H,24,27)(H,25,30)(H,26,29). The molecule has 0 radical (unpaired) electrons. The number of carbonyl (C=O) groups excluding carboxylic acids is 3. The molecule has 1 aromatic heterocycles. The minimum Gasteiger partial charge on any atom is -0.496 e. The maximum atomic E-state index is 14.2. The SMILES string of the molecule is COc1ccc(F)c(F)c1C(=O)Nc1c[nH]nc1C(=O)NC1CCN(C(=O)OC(C)C)CC1. The van der Waals surface area contributed by atoms with E-state index in [1.807, 2.05) is 0 Å². The van der Waals surface area contributed by atoms with Gasteiger partial charge in [-0.1, -0.05) is 0 Å². The number of ether oxygens (including phenoxy) is 2. The lowest BCUT2D eigenvalue weighted by Gasteiger charge is -2.32. The Balaban J connectivity index is 1.63. The van der Waals surface area contributed by atoms with Gasteiger partial charge in [0, 0.05) is 25.3 Å². The van der Waals surface area contributed by atoms with Gasteiger partial charge in [-0.05, 0) is 38.8 Å². The quantitative estimate of drug-likeness (QED) is 0.602. The van der Waals surface area contributed by atoms with E-state index in [0.717, 1.165) is 12.1 Å². The highest BCUT2D eigenvalue weighted by molar-refractivity contribution is 6.09. The number of aromatic nitrogens is 2. The summed E-state index contributed by atoms with van der Waals surface area (Å²) in [6.45, 7) is 4.37. The van der Waals surface area contributed by atoms with E-state index < -0.39 is 35.1 Å². The lowest BCUT2D eigenvalue weighted by atomic mass is 10.1. The number of hydrogen-bond acceptors (Lipinski definition) is 6. The number of methoxy groups -OCH3 is 1. The van der Waals surface area contributed by atoms with Crippen LogP contribution in [0.25, 0.3) is 0 Å². The van der Waals surface area contributed by atoms with Crippen LogP contribution < -0.4 is 15.4 Å². The molecule has 2 heterocycles. The van der Waals surface area contributed by atoms with Crippen molar-refractivity contribution in [3.63, 3.8) is 0 Å². The summed E-state index contributed by atoms with van der Waals surface area (Å²) < 4.78 is 37.9. The van der Waals surface area contributed by atoms with Crippen molar-refractivity contribution >= 4 is 23.6 Å². The second-order valence-corrected chi connectivity index (χ2v) is 7.71. The zero-order valence-corrected chi connectivity index (χ0v) is 18.4. The normalized spacial score (nSPS) is 14.2. The molecule has 1 aromatic carbocycles. The average molecular weight is 465 g/mol. The van der Waals surface area contributed by atoms with Crippen molar-refractivity contribution in [1.29, 1.82) is 0 Å². The van der Waals surface area contributed by atoms with E-state index >= 15 is 0 Å². The number of amides is 3. The fourth-order valence-corrected chi connectivity index (χ4v) is 3.39. The topological polar surface area (TPSA) is 126 Å². The zero-order valence-electron chi connectivity index (χ0n) is 18.4. The highest BCUT2D eigenvalue weighted by Gasteiger charge is 2.28. The van der Waals surface area contributed by atoms with Gasteiger partial charge < -0.3 is 25.0 Å². The van der Waals surface area contributed by atoms with Gasteiger partial charge in [0.1, 0.15) is 11.3 Å². The number of anilines is 1. The van der Waals surface area contributed by atoms with Crippen molar-refractivity contribution in [3.8, 4) is 5.75 Å². The maximum Gasteiger partial charge on any atom is 0.410 e. The molecule has 178 valence electrons. The van der Waals surface area contributed by atoms with Crippen LogP contribution in [0.4, 0.5) is 19.3 Å². The lowest BCUT2D eigenvalue weighted by Crippen LogP contribution is -2.47. The fourth-order valence-electron chi connectivity index (χ4n) is 3.39. The average Bonchev–Trinajstić information content (AvgIpc) is 3.23. The number of hydrogen-bond donors (Lipinski definition) is 3. The number of piperidine rings is 1. The Morgan fingerprint density at radius 3 is 2.52 bits per heavy atom. The second kappa shape index (κ2) is 10.3. The van der Waals surface area contributed by atoms with Crippen molar-refractivity contribution in [1.82, 2.24) is 20.4 Å². The number of H-pyrrole nitrogens is 1. The Morgan fingerprint density at radius 2 is 1.88 bits per heavy atom. The third-order valence-electron chi connectivity index (χ3n) is 5.03. The Hall–Kier alpha value is -3.70. The number of halogens is 2. The van der Waals surface area contributed by atoms with Crippen LogP contribution in [-0.4, -0.2) is 65.3 Å². The Labute approximate surface area is 188 Å². The van der Waals surface area contributed by atoms with Crippen LogP contribution in [-0.2, 0) is 4.74 Å². The lowest BCUT2D eigenvalue weighted by molar-refractivity contribution is 0.0667. The van der Waals surface area contributed by atoms with Crippen molar-refractivity contribution < 1.29 is 32.6 Å². The molecule has 0 saturated carbocycles. The summed E-state index contributed by atoms with van der Waals surface area (Å²) in [6.07, 6.45) is 1.66. The fraction of sp³-hybridized carbons (Fsp3) is 0.429. The number of rotatable bonds is 6. The summed E-state index contributed by atoms with van der Waals surface area (Å²) in [5.41, 5.74) is -0.771. The third kappa shape index (κ3) is 5.57. The molecule has 0 spiro atoms. The van der Waals surface area contributed by atoms with Gasteiger partial charge in [0.15, 0.2) is 17.3 Å². The molecule has 1 fully saturated rings. The van der Waals surface area contributed by atoms with Crippen LogP contribution in [0.15, 0.2) is 18.3 Å². The van der Waals surface area contributed by atoms with E-state index in [9.17, 15) is 23.2 Å². The summed E-state index contributed by atoms with van der Waals surface area (Å²) in [7, 11) is 1.22. The van der Waals surface area contributed by atoms with Crippen molar-refractivity contribution in [3.05, 3.63) is 41.2 Å². The first-order valence-electron chi connectivity index (χ1n) is 10.3. The summed E-state index contributed by atoms with van der Waals surface area (Å²) in [5, 5.41) is 11.5. The Morgan fingerprint density at radius 1 is 1.18 bits per heavy atom. The first-order chi connectivity index (χ1) is 15.7. The third-order valence-corrected chi connectivity index (χ3v) is 5.03. The van der Waals surface area contributed by atoms with Crippen LogP contribution in [0, 0.1) is 11.6 Å². The van der Waals surface area contributed by atoms with Crippen molar-refractivity contribution in [2.45, 2.75) is 38.8 Å². The van der Waals surface area contributed by atoms with Gasteiger partial charge in [-0.2, -0.15) is 5.10 Å². The monoisotopic (exact) mass is 465 g/mol. The molecule has 33 heavy (non-hydrogen) atoms. The van der Waals surface area contributed by atoms with Gasteiger partial charge in [0.2, 0.25) is 0 Å². The molecule has 0 aliphatic carbocycles. The summed E-state index contributed by atoms with van der Waals surface area (Å²) in [5.74, 6) is -4.32. The predicted octanol–water partition coefficient (Wildman–Crippen LogP) is 2.69. The van der Waals surface area contributed by atoms with Crippen LogP contribution in [0.5, 0.6) is 5.75 Å². The summed E-state index contributed by atoms with van der Waals surface area (Å²) in [4.78, 5) is 38.8.